The highest BCUT2D eigenvalue weighted by atomic mass is 79.9. The first kappa shape index (κ1) is 22.1. The zero-order chi connectivity index (χ0) is 20.7. The summed E-state index contributed by atoms with van der Waals surface area (Å²) in [4.78, 5) is 23.2. The lowest BCUT2D eigenvalue weighted by molar-refractivity contribution is -0.383. The second-order valence-electron chi connectivity index (χ2n) is 5.67. The number of hydrogen-bond acceptors (Lipinski definition) is 5. The number of nitro groups is 1. The van der Waals surface area contributed by atoms with Crippen LogP contribution < -0.4 is 15.4 Å². The molecule has 0 bridgehead atoms. The van der Waals surface area contributed by atoms with Gasteiger partial charge in [-0.1, -0.05) is 40.9 Å². The summed E-state index contributed by atoms with van der Waals surface area (Å²) >= 11 is 14.2. The first-order chi connectivity index (χ1) is 13.3. The molecule has 10 heteroatoms. The summed E-state index contributed by atoms with van der Waals surface area (Å²) in [6.45, 7) is 2.52. The molecule has 2 aromatic rings. The van der Waals surface area contributed by atoms with Gasteiger partial charge < -0.3 is 10.1 Å². The number of ether oxygens (including phenoxy) is 1. The number of amides is 1. The summed E-state index contributed by atoms with van der Waals surface area (Å²) in [6.07, 6.45) is 1.82. The third-order valence-corrected chi connectivity index (χ3v) is 4.51. The van der Waals surface area contributed by atoms with Gasteiger partial charge in [-0.3, -0.25) is 20.2 Å². The molecule has 0 atom stereocenters. The molecule has 0 saturated carbocycles. The number of nitrogens with one attached hydrogen (secondary N) is 2. The van der Waals surface area contributed by atoms with Crippen molar-refractivity contribution in [2.24, 2.45) is 0 Å². The Morgan fingerprint density at radius 1 is 1.32 bits per heavy atom. The summed E-state index contributed by atoms with van der Waals surface area (Å²) < 4.78 is 6.37. The average molecular weight is 487 g/mol. The van der Waals surface area contributed by atoms with E-state index >= 15 is 0 Å². The summed E-state index contributed by atoms with van der Waals surface area (Å²) in [5, 5.41) is 16.5. The van der Waals surface area contributed by atoms with Gasteiger partial charge in [0.25, 0.3) is 11.6 Å². The molecule has 1 amide bonds. The van der Waals surface area contributed by atoms with E-state index in [2.05, 4.69) is 26.6 Å². The molecule has 2 aromatic carbocycles. The van der Waals surface area contributed by atoms with Crippen molar-refractivity contribution in [3.05, 3.63) is 61.6 Å². The van der Waals surface area contributed by atoms with E-state index in [0.29, 0.717) is 22.4 Å². The van der Waals surface area contributed by atoms with Gasteiger partial charge in [0.2, 0.25) is 0 Å². The number of thiocarbonyl (C=S) groups is 1. The van der Waals surface area contributed by atoms with Crippen molar-refractivity contribution < 1.29 is 14.5 Å². The van der Waals surface area contributed by atoms with Crippen LogP contribution in [0.4, 0.5) is 11.4 Å². The van der Waals surface area contributed by atoms with Crippen LogP contribution in [-0.4, -0.2) is 22.5 Å². The minimum absolute atomic E-state index is 0.0880. The maximum absolute atomic E-state index is 12.6. The molecule has 28 heavy (non-hydrogen) atoms. The molecular weight excluding hydrogens is 470 g/mol. The second-order valence-corrected chi connectivity index (χ2v) is 7.43. The number of nitro benzene ring substituents is 1. The number of rotatable bonds is 7. The van der Waals surface area contributed by atoms with Gasteiger partial charge in [-0.25, -0.2) is 0 Å². The Balaban J connectivity index is 2.14. The lowest BCUT2D eigenvalue weighted by Gasteiger charge is -2.13. The van der Waals surface area contributed by atoms with Crippen molar-refractivity contribution >= 4 is 62.1 Å². The molecule has 2 rings (SSSR count). The van der Waals surface area contributed by atoms with Crippen molar-refractivity contribution in [2.75, 3.05) is 11.9 Å². The fourth-order valence-corrected chi connectivity index (χ4v) is 2.95. The molecule has 0 aliphatic carbocycles. The molecule has 0 aliphatic heterocycles. The van der Waals surface area contributed by atoms with Gasteiger partial charge in [0, 0.05) is 15.6 Å². The van der Waals surface area contributed by atoms with Crippen LogP contribution in [-0.2, 0) is 0 Å². The van der Waals surface area contributed by atoms with Crippen molar-refractivity contribution in [2.45, 2.75) is 19.8 Å². The van der Waals surface area contributed by atoms with Crippen molar-refractivity contribution in [3.8, 4) is 5.75 Å². The maximum atomic E-state index is 12.6. The smallest absolute Gasteiger partial charge is 0.294 e. The molecule has 0 aromatic heterocycles. The first-order valence-corrected chi connectivity index (χ1v) is 9.88. The maximum Gasteiger partial charge on any atom is 0.294 e. The van der Waals surface area contributed by atoms with Gasteiger partial charge in [-0.05, 0) is 49.0 Å². The Kier molecular flexibility index (Phi) is 8.16. The molecule has 148 valence electrons. The molecule has 0 fully saturated rings. The molecule has 7 nitrogen and oxygen atoms in total. The summed E-state index contributed by atoms with van der Waals surface area (Å²) in [5.74, 6) is -0.0728. The van der Waals surface area contributed by atoms with Crippen molar-refractivity contribution in [1.29, 1.82) is 0 Å². The number of benzene rings is 2. The molecule has 0 spiro atoms. The third-order valence-electron chi connectivity index (χ3n) is 3.57. The number of anilines is 1. The highest BCUT2D eigenvalue weighted by Crippen LogP contribution is 2.28. The summed E-state index contributed by atoms with van der Waals surface area (Å²) in [6, 6.07) is 9.17. The molecule has 2 N–H and O–H groups in total. The molecule has 0 heterocycles. The Hall–Kier alpha value is -2.23. The van der Waals surface area contributed by atoms with Crippen LogP contribution in [0.25, 0.3) is 0 Å². The Labute approximate surface area is 180 Å². The molecule has 0 saturated heterocycles. The SMILES string of the molecule is CCCCOc1ccc(Br)cc1C(=O)NC(=S)Nc1ccc(Cl)cc1[N+](=O)[O-]. The number of halogens is 2. The van der Waals surface area contributed by atoms with Crippen LogP contribution in [0.3, 0.4) is 0 Å². The molecule has 0 unspecified atom stereocenters. The van der Waals surface area contributed by atoms with Gasteiger partial charge >= 0.3 is 0 Å². The fourth-order valence-electron chi connectivity index (χ4n) is 2.22. The number of carbonyl (C=O) groups excluding carboxylic acids is 1. The molecular formula is C18H17BrClN3O4S. The zero-order valence-corrected chi connectivity index (χ0v) is 18.0. The quantitative estimate of drug-likeness (QED) is 0.238. The van der Waals surface area contributed by atoms with E-state index in [1.54, 1.807) is 18.2 Å². The van der Waals surface area contributed by atoms with Gasteiger partial charge in [0.1, 0.15) is 11.4 Å². The lowest BCUT2D eigenvalue weighted by Crippen LogP contribution is -2.34. The van der Waals surface area contributed by atoms with E-state index in [1.165, 1.54) is 18.2 Å². The summed E-state index contributed by atoms with van der Waals surface area (Å²) in [5.41, 5.74) is 0.156. The van der Waals surface area contributed by atoms with E-state index in [4.69, 9.17) is 28.6 Å². The molecule has 0 aliphatic rings. The number of nitrogens with zero attached hydrogens (tertiary/aromatic N) is 1. The minimum atomic E-state index is -0.591. The highest BCUT2D eigenvalue weighted by Gasteiger charge is 2.18. The minimum Gasteiger partial charge on any atom is -0.493 e. The first-order valence-electron chi connectivity index (χ1n) is 8.30. The number of carbonyl (C=O) groups is 1. The van der Waals surface area contributed by atoms with Crippen LogP contribution in [0.15, 0.2) is 40.9 Å². The van der Waals surface area contributed by atoms with Crippen LogP contribution in [0, 0.1) is 10.1 Å². The summed E-state index contributed by atoms with van der Waals surface area (Å²) in [7, 11) is 0. The van der Waals surface area contributed by atoms with Gasteiger partial charge in [0.05, 0.1) is 17.1 Å². The standard InChI is InChI=1S/C18H17BrClN3O4S/c1-2-3-8-27-16-7-4-11(19)9-13(16)17(24)22-18(28)21-14-6-5-12(20)10-15(14)23(25)26/h4-7,9-10H,2-3,8H2,1H3,(H2,21,22,24,28). The van der Waals surface area contributed by atoms with E-state index in [-0.39, 0.29) is 21.5 Å². The fraction of sp³-hybridized carbons (Fsp3) is 0.222. The van der Waals surface area contributed by atoms with E-state index in [9.17, 15) is 14.9 Å². The van der Waals surface area contributed by atoms with E-state index < -0.39 is 10.8 Å². The average Bonchev–Trinajstić information content (AvgIpc) is 2.64. The largest absolute Gasteiger partial charge is 0.493 e. The van der Waals surface area contributed by atoms with Crippen molar-refractivity contribution in [1.82, 2.24) is 5.32 Å². The number of unbranched alkanes of at least 4 members (excludes halogenated alkanes) is 1. The second kappa shape index (κ2) is 10.4. The van der Waals surface area contributed by atoms with Gasteiger partial charge in [-0.15, -0.1) is 0 Å². The Bertz CT molecular complexity index is 910. The normalized spacial score (nSPS) is 10.2. The predicted octanol–water partition coefficient (Wildman–Crippen LogP) is 5.32. The van der Waals surface area contributed by atoms with E-state index in [1.807, 2.05) is 6.92 Å². The van der Waals surface area contributed by atoms with Crippen LogP contribution in [0.2, 0.25) is 5.02 Å². The Morgan fingerprint density at radius 2 is 2.07 bits per heavy atom. The third kappa shape index (κ3) is 6.15. The van der Waals surface area contributed by atoms with Crippen LogP contribution >= 0.6 is 39.7 Å². The van der Waals surface area contributed by atoms with Crippen LogP contribution in [0.5, 0.6) is 5.75 Å². The lowest BCUT2D eigenvalue weighted by atomic mass is 10.2. The van der Waals surface area contributed by atoms with Gasteiger partial charge in [0.15, 0.2) is 5.11 Å². The zero-order valence-electron chi connectivity index (χ0n) is 14.8. The topological polar surface area (TPSA) is 93.5 Å². The van der Waals surface area contributed by atoms with Gasteiger partial charge in [-0.2, -0.15) is 0 Å². The van der Waals surface area contributed by atoms with Crippen molar-refractivity contribution in [3.63, 3.8) is 0 Å². The number of hydrogen-bond donors (Lipinski definition) is 2. The predicted molar refractivity (Wildman–Crippen MR) is 116 cm³/mol. The highest BCUT2D eigenvalue weighted by molar-refractivity contribution is 9.10. The Morgan fingerprint density at radius 3 is 2.75 bits per heavy atom. The molecule has 0 radical (unpaired) electrons. The van der Waals surface area contributed by atoms with E-state index in [0.717, 1.165) is 12.8 Å². The monoisotopic (exact) mass is 485 g/mol. The van der Waals surface area contributed by atoms with Crippen LogP contribution in [0.1, 0.15) is 30.1 Å².